The van der Waals surface area contributed by atoms with Gasteiger partial charge in [0.05, 0.1) is 5.54 Å². The van der Waals surface area contributed by atoms with Gasteiger partial charge in [-0.3, -0.25) is 19.7 Å². The Labute approximate surface area is 212 Å². The number of likely N-dealkylation sites (N-methyl/N-ethyl adjacent to an activating group) is 1. The highest BCUT2D eigenvalue weighted by Gasteiger charge is 2.51. The van der Waals surface area contributed by atoms with Crippen molar-refractivity contribution in [2.24, 2.45) is 0 Å². The van der Waals surface area contributed by atoms with Crippen LogP contribution in [0.3, 0.4) is 0 Å². The summed E-state index contributed by atoms with van der Waals surface area (Å²) >= 11 is 0. The summed E-state index contributed by atoms with van der Waals surface area (Å²) in [6.45, 7) is 3.14. The molecule has 2 aliphatic rings. The lowest BCUT2D eigenvalue weighted by molar-refractivity contribution is -0.141. The molecule has 3 N–H and O–H groups in total. The Morgan fingerprint density at radius 1 is 0.972 bits per heavy atom. The van der Waals surface area contributed by atoms with Crippen molar-refractivity contribution in [3.63, 3.8) is 0 Å². The summed E-state index contributed by atoms with van der Waals surface area (Å²) in [6, 6.07) is 16.0. The molecule has 1 spiro atoms. The molecule has 1 aliphatic heterocycles. The number of nitrogens with zero attached hydrogens (tertiary/aromatic N) is 1. The molecule has 1 heterocycles. The number of carbonyl (C=O) groups excluding carboxylic acids is 3. The van der Waals surface area contributed by atoms with E-state index in [1.54, 1.807) is 14.0 Å². The van der Waals surface area contributed by atoms with E-state index < -0.39 is 17.6 Å². The van der Waals surface area contributed by atoms with Crippen molar-refractivity contribution in [1.82, 2.24) is 20.9 Å². The molecule has 0 radical (unpaired) electrons. The molecule has 2 aromatic carbocycles. The minimum Gasteiger partial charge on any atom is -0.492 e. The largest absolute Gasteiger partial charge is 0.492 e. The van der Waals surface area contributed by atoms with Crippen LogP contribution in [0.15, 0.2) is 54.6 Å². The van der Waals surface area contributed by atoms with Crippen molar-refractivity contribution in [1.29, 1.82) is 0 Å². The molecule has 2 aromatic rings. The second kappa shape index (κ2) is 11.6. The highest BCUT2D eigenvalue weighted by atomic mass is 16.5. The molecule has 8 heteroatoms. The van der Waals surface area contributed by atoms with Crippen LogP contribution in [0.5, 0.6) is 5.75 Å². The quantitative estimate of drug-likeness (QED) is 0.594. The molecular formula is C28H36N4O4. The fourth-order valence-corrected chi connectivity index (χ4v) is 4.55. The lowest BCUT2D eigenvalue weighted by Crippen LogP contribution is -2.57. The predicted molar refractivity (Wildman–Crippen MR) is 138 cm³/mol. The average molecular weight is 493 g/mol. The molecule has 0 unspecified atom stereocenters. The van der Waals surface area contributed by atoms with Crippen molar-refractivity contribution in [3.8, 4) is 5.75 Å². The number of hydrogen-bond acceptors (Lipinski definition) is 5. The first-order valence-electron chi connectivity index (χ1n) is 12.7. The molecule has 0 aromatic heterocycles. The molecule has 3 amide bonds. The van der Waals surface area contributed by atoms with E-state index in [4.69, 9.17) is 4.74 Å². The second-order valence-electron chi connectivity index (χ2n) is 9.70. The molecule has 1 aliphatic carbocycles. The standard InChI is InChI=1S/C28H36N4O4/c1-20-25(33)31-23(19-21-9-4-3-5-10-21)26(34)29-16-8-12-22-11-6-7-13-24(22)36-18-17-30-28(14-15-28)27(35)32(20)2/h3-7,9-11,13,20,23,30H,8,12,14-19H2,1-2H3,(H,29,34)(H,31,33)/t20-,23-/m1/s1. The third-order valence-electron chi connectivity index (χ3n) is 7.07. The molecule has 1 fully saturated rings. The van der Waals surface area contributed by atoms with E-state index in [1.165, 1.54) is 4.90 Å². The molecule has 2 atom stereocenters. The number of nitrogens with one attached hydrogen (secondary N) is 3. The third kappa shape index (κ3) is 6.23. The normalized spacial score (nSPS) is 23.5. The maximum atomic E-state index is 13.3. The highest BCUT2D eigenvalue weighted by molar-refractivity contribution is 5.95. The summed E-state index contributed by atoms with van der Waals surface area (Å²) < 4.78 is 6.02. The minimum atomic E-state index is -0.742. The Hall–Kier alpha value is -3.39. The van der Waals surface area contributed by atoms with E-state index in [1.807, 2.05) is 54.6 Å². The Kier molecular flexibility index (Phi) is 8.25. The first-order valence-corrected chi connectivity index (χ1v) is 12.7. The van der Waals surface area contributed by atoms with Crippen molar-refractivity contribution in [3.05, 3.63) is 65.7 Å². The summed E-state index contributed by atoms with van der Waals surface area (Å²) in [5, 5.41) is 9.24. The Balaban J connectivity index is 1.53. The number of benzene rings is 2. The molecule has 0 saturated heterocycles. The van der Waals surface area contributed by atoms with Gasteiger partial charge in [-0.2, -0.15) is 0 Å². The zero-order valence-electron chi connectivity index (χ0n) is 21.1. The lowest BCUT2D eigenvalue weighted by atomic mass is 10.0. The van der Waals surface area contributed by atoms with Crippen molar-refractivity contribution >= 4 is 17.7 Å². The number of aryl methyl sites for hydroxylation is 1. The summed E-state index contributed by atoms with van der Waals surface area (Å²) in [4.78, 5) is 41.0. The van der Waals surface area contributed by atoms with Gasteiger partial charge in [0.1, 0.15) is 24.4 Å². The third-order valence-corrected chi connectivity index (χ3v) is 7.07. The maximum Gasteiger partial charge on any atom is 0.243 e. The Morgan fingerprint density at radius 3 is 2.44 bits per heavy atom. The van der Waals surface area contributed by atoms with E-state index in [9.17, 15) is 14.4 Å². The van der Waals surface area contributed by atoms with Crippen LogP contribution in [0.25, 0.3) is 0 Å². The van der Waals surface area contributed by atoms with Gasteiger partial charge in [-0.15, -0.1) is 0 Å². The van der Waals surface area contributed by atoms with E-state index in [2.05, 4.69) is 16.0 Å². The number of fused-ring (bicyclic) bond motifs is 1. The Bertz CT molecular complexity index is 1070. The van der Waals surface area contributed by atoms with Crippen LogP contribution in [0, 0.1) is 0 Å². The van der Waals surface area contributed by atoms with Gasteiger partial charge in [0.2, 0.25) is 17.7 Å². The number of rotatable bonds is 2. The first-order chi connectivity index (χ1) is 17.4. The smallest absolute Gasteiger partial charge is 0.243 e. The van der Waals surface area contributed by atoms with Crippen LogP contribution < -0.4 is 20.7 Å². The second-order valence-corrected chi connectivity index (χ2v) is 9.70. The minimum absolute atomic E-state index is 0.115. The zero-order chi connectivity index (χ0) is 25.5. The van der Waals surface area contributed by atoms with Crippen LogP contribution in [-0.2, 0) is 27.2 Å². The fourth-order valence-electron chi connectivity index (χ4n) is 4.55. The number of carbonyl (C=O) groups is 3. The van der Waals surface area contributed by atoms with Crippen molar-refractivity contribution in [2.45, 2.75) is 56.7 Å². The van der Waals surface area contributed by atoms with E-state index in [-0.39, 0.29) is 17.7 Å². The van der Waals surface area contributed by atoms with Gasteiger partial charge in [-0.1, -0.05) is 48.5 Å². The summed E-state index contributed by atoms with van der Waals surface area (Å²) in [5.41, 5.74) is 1.37. The van der Waals surface area contributed by atoms with Gasteiger partial charge >= 0.3 is 0 Å². The molecule has 0 bridgehead atoms. The van der Waals surface area contributed by atoms with Crippen LogP contribution in [0.4, 0.5) is 0 Å². The number of amides is 3. The molecular weight excluding hydrogens is 456 g/mol. The van der Waals surface area contributed by atoms with Crippen LogP contribution in [-0.4, -0.2) is 67.0 Å². The average Bonchev–Trinajstić information content (AvgIpc) is 3.69. The topological polar surface area (TPSA) is 99.8 Å². The summed E-state index contributed by atoms with van der Waals surface area (Å²) in [6.07, 6.45) is 3.31. The number of para-hydroxylation sites is 1. The van der Waals surface area contributed by atoms with Crippen LogP contribution >= 0.6 is 0 Å². The fraction of sp³-hybridized carbons (Fsp3) is 0.464. The highest BCUT2D eigenvalue weighted by Crippen LogP contribution is 2.37. The number of hydrogen-bond donors (Lipinski definition) is 3. The molecule has 8 nitrogen and oxygen atoms in total. The van der Waals surface area contributed by atoms with E-state index in [0.717, 1.165) is 42.6 Å². The van der Waals surface area contributed by atoms with Gasteiger partial charge in [0.15, 0.2) is 0 Å². The zero-order valence-corrected chi connectivity index (χ0v) is 21.1. The summed E-state index contributed by atoms with van der Waals surface area (Å²) in [7, 11) is 1.64. The Morgan fingerprint density at radius 2 is 1.69 bits per heavy atom. The van der Waals surface area contributed by atoms with Gasteiger partial charge in [-0.05, 0) is 49.8 Å². The SMILES string of the molecule is C[C@@H]1C(=O)N[C@H](Cc2ccccc2)C(=O)NCCCc2ccccc2OCCNC2(CC2)C(=O)N1C. The summed E-state index contributed by atoms with van der Waals surface area (Å²) in [5.74, 6) is 0.120. The van der Waals surface area contributed by atoms with Gasteiger partial charge < -0.3 is 20.3 Å². The van der Waals surface area contributed by atoms with Gasteiger partial charge in [0, 0.05) is 26.6 Å². The molecule has 4 rings (SSSR count). The molecule has 36 heavy (non-hydrogen) atoms. The maximum absolute atomic E-state index is 13.3. The molecule has 1 saturated carbocycles. The molecule has 192 valence electrons. The monoisotopic (exact) mass is 492 g/mol. The van der Waals surface area contributed by atoms with E-state index >= 15 is 0 Å². The lowest BCUT2D eigenvalue weighted by Gasteiger charge is -2.30. The number of ether oxygens (including phenoxy) is 1. The van der Waals surface area contributed by atoms with Crippen molar-refractivity contribution in [2.75, 3.05) is 26.7 Å². The van der Waals surface area contributed by atoms with Gasteiger partial charge in [0.25, 0.3) is 0 Å². The van der Waals surface area contributed by atoms with Crippen molar-refractivity contribution < 1.29 is 19.1 Å². The van der Waals surface area contributed by atoms with Gasteiger partial charge in [-0.25, -0.2) is 0 Å². The first kappa shape index (κ1) is 25.7. The van der Waals surface area contributed by atoms with Crippen LogP contribution in [0.1, 0.15) is 37.3 Å². The van der Waals surface area contributed by atoms with E-state index in [0.29, 0.717) is 26.1 Å². The predicted octanol–water partition coefficient (Wildman–Crippen LogP) is 1.82. The van der Waals surface area contributed by atoms with Crippen LogP contribution in [0.2, 0.25) is 0 Å².